The van der Waals surface area contributed by atoms with Crippen LogP contribution >= 0.6 is 0 Å². The van der Waals surface area contributed by atoms with Gasteiger partial charge in [0.25, 0.3) is 0 Å². The van der Waals surface area contributed by atoms with Gasteiger partial charge in [-0.05, 0) is 12.8 Å². The predicted octanol–water partition coefficient (Wildman–Crippen LogP) is 2.02. The van der Waals surface area contributed by atoms with Gasteiger partial charge < -0.3 is 10.8 Å². The van der Waals surface area contributed by atoms with E-state index in [1.807, 2.05) is 0 Å². The summed E-state index contributed by atoms with van der Waals surface area (Å²) in [5.41, 5.74) is 4.58. The van der Waals surface area contributed by atoms with Crippen molar-refractivity contribution in [3.63, 3.8) is 0 Å². The molecule has 3 N–H and O–H groups in total. The molecule has 1 aromatic carbocycles. The van der Waals surface area contributed by atoms with Crippen LogP contribution in [0.5, 0.6) is 0 Å². The van der Waals surface area contributed by atoms with Gasteiger partial charge in [0.2, 0.25) is 0 Å². The molecule has 1 aromatic rings. The van der Waals surface area contributed by atoms with Crippen LogP contribution in [0.3, 0.4) is 0 Å². The number of nitrogens with two attached hydrogens (primary N) is 1. The summed E-state index contributed by atoms with van der Waals surface area (Å²) in [7, 11) is 0. The number of halogens is 4. The molecule has 0 aliphatic rings. The van der Waals surface area contributed by atoms with Crippen molar-refractivity contribution >= 4 is 0 Å². The van der Waals surface area contributed by atoms with Gasteiger partial charge in [-0.3, -0.25) is 0 Å². The quantitative estimate of drug-likeness (QED) is 0.621. The highest BCUT2D eigenvalue weighted by Gasteiger charge is 2.23. The van der Waals surface area contributed by atoms with Gasteiger partial charge in [0, 0.05) is 24.3 Å². The third kappa shape index (κ3) is 2.51. The van der Waals surface area contributed by atoms with Crippen LogP contribution in [0, 0.1) is 23.3 Å². The van der Waals surface area contributed by atoms with Crippen molar-refractivity contribution in [2.75, 3.05) is 6.61 Å². The van der Waals surface area contributed by atoms with Crippen LogP contribution in [0.1, 0.15) is 24.4 Å². The molecule has 0 spiro atoms. The van der Waals surface area contributed by atoms with E-state index in [0.717, 1.165) is 0 Å². The standard InChI is InChI=1S/C10H11F4NO/c11-5-4-6(12)10(14)8(9(5)13)7(15)2-1-3-16/h4,7,16H,1-3,15H2/t7-/m0/s1. The zero-order valence-corrected chi connectivity index (χ0v) is 8.31. The second kappa shape index (κ2) is 5.27. The number of hydrogen-bond acceptors (Lipinski definition) is 2. The molecule has 2 nitrogen and oxygen atoms in total. The molecule has 0 amide bonds. The first-order valence-corrected chi connectivity index (χ1v) is 4.68. The minimum atomic E-state index is -1.48. The molecule has 0 bridgehead atoms. The molecule has 1 atom stereocenters. The van der Waals surface area contributed by atoms with E-state index >= 15 is 0 Å². The van der Waals surface area contributed by atoms with Gasteiger partial charge in [0.1, 0.15) is 0 Å². The molecular formula is C10H11F4NO. The lowest BCUT2D eigenvalue weighted by Gasteiger charge is -2.14. The number of hydrogen-bond donors (Lipinski definition) is 2. The van der Waals surface area contributed by atoms with Gasteiger partial charge >= 0.3 is 0 Å². The van der Waals surface area contributed by atoms with Crippen LogP contribution in [0.2, 0.25) is 0 Å². The van der Waals surface area contributed by atoms with Crippen molar-refractivity contribution in [2.45, 2.75) is 18.9 Å². The summed E-state index contributed by atoms with van der Waals surface area (Å²) in [6, 6.07) is -1.05. The summed E-state index contributed by atoms with van der Waals surface area (Å²) < 4.78 is 52.0. The van der Waals surface area contributed by atoms with Crippen LogP contribution in [0.25, 0.3) is 0 Å². The average molecular weight is 237 g/mol. The third-order valence-electron chi connectivity index (χ3n) is 2.19. The van der Waals surface area contributed by atoms with E-state index < -0.39 is 34.9 Å². The summed E-state index contributed by atoms with van der Waals surface area (Å²) in [4.78, 5) is 0. The van der Waals surface area contributed by atoms with Crippen molar-refractivity contribution in [1.82, 2.24) is 0 Å². The number of aliphatic hydroxyl groups is 1. The molecule has 0 radical (unpaired) electrons. The smallest absolute Gasteiger partial charge is 0.166 e. The molecule has 0 saturated carbocycles. The average Bonchev–Trinajstić information content (AvgIpc) is 2.24. The van der Waals surface area contributed by atoms with E-state index in [4.69, 9.17) is 10.8 Å². The Balaban J connectivity index is 3.11. The van der Waals surface area contributed by atoms with E-state index in [-0.39, 0.29) is 25.5 Å². The highest BCUT2D eigenvalue weighted by atomic mass is 19.2. The third-order valence-corrected chi connectivity index (χ3v) is 2.19. The number of benzene rings is 1. The topological polar surface area (TPSA) is 46.2 Å². The first-order chi connectivity index (χ1) is 7.49. The lowest BCUT2D eigenvalue weighted by atomic mass is 10.0. The molecule has 0 fully saturated rings. The van der Waals surface area contributed by atoms with E-state index in [1.54, 1.807) is 0 Å². The molecule has 90 valence electrons. The Labute approximate surface area is 89.7 Å². The molecule has 1 rings (SSSR count). The van der Waals surface area contributed by atoms with Gasteiger partial charge in [-0.15, -0.1) is 0 Å². The molecule has 0 saturated heterocycles. The molecule has 6 heteroatoms. The van der Waals surface area contributed by atoms with E-state index in [1.165, 1.54) is 0 Å². The Hall–Kier alpha value is -1.14. The minimum absolute atomic E-state index is 0.0350. The van der Waals surface area contributed by atoms with Crippen molar-refractivity contribution in [2.24, 2.45) is 5.73 Å². The Morgan fingerprint density at radius 3 is 2.06 bits per heavy atom. The Morgan fingerprint density at radius 2 is 1.62 bits per heavy atom. The van der Waals surface area contributed by atoms with Gasteiger partial charge in [-0.2, -0.15) is 0 Å². The number of rotatable bonds is 4. The van der Waals surface area contributed by atoms with Gasteiger partial charge in [-0.1, -0.05) is 0 Å². The molecule has 16 heavy (non-hydrogen) atoms. The molecule has 0 aliphatic carbocycles. The highest BCUT2D eigenvalue weighted by molar-refractivity contribution is 5.25. The summed E-state index contributed by atoms with van der Waals surface area (Å²) >= 11 is 0. The van der Waals surface area contributed by atoms with E-state index in [9.17, 15) is 17.6 Å². The van der Waals surface area contributed by atoms with Crippen molar-refractivity contribution in [3.05, 3.63) is 34.9 Å². The fourth-order valence-electron chi connectivity index (χ4n) is 1.37. The van der Waals surface area contributed by atoms with Crippen LogP contribution in [-0.2, 0) is 0 Å². The maximum atomic E-state index is 13.2. The summed E-state index contributed by atoms with van der Waals surface area (Å²) in [5.74, 6) is -5.92. The minimum Gasteiger partial charge on any atom is -0.396 e. The second-order valence-corrected chi connectivity index (χ2v) is 3.35. The summed E-state index contributed by atoms with van der Waals surface area (Å²) in [6.45, 7) is -0.214. The molecular weight excluding hydrogens is 226 g/mol. The van der Waals surface area contributed by atoms with Crippen molar-refractivity contribution in [3.8, 4) is 0 Å². The maximum absolute atomic E-state index is 13.2. The Morgan fingerprint density at radius 1 is 1.12 bits per heavy atom. The lowest BCUT2D eigenvalue weighted by molar-refractivity contribution is 0.278. The summed E-state index contributed by atoms with van der Waals surface area (Å²) in [6.07, 6.45) is 0.228. The lowest BCUT2D eigenvalue weighted by Crippen LogP contribution is -2.17. The number of aliphatic hydroxyl groups excluding tert-OH is 1. The first-order valence-electron chi connectivity index (χ1n) is 4.68. The van der Waals surface area contributed by atoms with Crippen LogP contribution in [0.4, 0.5) is 17.6 Å². The monoisotopic (exact) mass is 237 g/mol. The van der Waals surface area contributed by atoms with Crippen molar-refractivity contribution < 1.29 is 22.7 Å². The molecule has 0 unspecified atom stereocenters. The Kier molecular flexibility index (Phi) is 4.26. The van der Waals surface area contributed by atoms with Crippen LogP contribution in [-0.4, -0.2) is 11.7 Å². The maximum Gasteiger partial charge on any atom is 0.166 e. The highest BCUT2D eigenvalue weighted by Crippen LogP contribution is 2.26. The Bertz CT molecular complexity index is 357. The summed E-state index contributed by atoms with van der Waals surface area (Å²) in [5, 5.41) is 8.52. The predicted molar refractivity (Wildman–Crippen MR) is 49.5 cm³/mol. The second-order valence-electron chi connectivity index (χ2n) is 3.35. The van der Waals surface area contributed by atoms with E-state index in [0.29, 0.717) is 0 Å². The van der Waals surface area contributed by atoms with Gasteiger partial charge in [-0.25, -0.2) is 17.6 Å². The fraction of sp³-hybridized carbons (Fsp3) is 0.400. The van der Waals surface area contributed by atoms with Gasteiger partial charge in [0.05, 0.1) is 0 Å². The first kappa shape index (κ1) is 12.9. The van der Waals surface area contributed by atoms with Gasteiger partial charge in [0.15, 0.2) is 23.3 Å². The molecule has 0 aromatic heterocycles. The fourth-order valence-corrected chi connectivity index (χ4v) is 1.37. The normalized spacial score (nSPS) is 12.9. The zero-order chi connectivity index (χ0) is 12.3. The molecule has 0 aliphatic heterocycles. The SMILES string of the molecule is N[C@@H](CCCO)c1c(F)c(F)cc(F)c1F. The zero-order valence-electron chi connectivity index (χ0n) is 8.31. The largest absolute Gasteiger partial charge is 0.396 e. The van der Waals surface area contributed by atoms with Crippen LogP contribution in [0.15, 0.2) is 6.07 Å². The van der Waals surface area contributed by atoms with Crippen molar-refractivity contribution in [1.29, 1.82) is 0 Å². The van der Waals surface area contributed by atoms with Crippen LogP contribution < -0.4 is 5.73 Å². The van der Waals surface area contributed by atoms with E-state index in [2.05, 4.69) is 0 Å². The molecule has 0 heterocycles.